The number of nitrogens with zero attached hydrogens (tertiary/aromatic N) is 2. The summed E-state index contributed by atoms with van der Waals surface area (Å²) in [6.45, 7) is 4.89. The maximum atomic E-state index is 12.8. The average Bonchev–Trinajstić information content (AvgIpc) is 2.80. The van der Waals surface area contributed by atoms with Crippen molar-refractivity contribution in [1.29, 1.82) is 0 Å². The molecule has 2 aliphatic rings. The summed E-state index contributed by atoms with van der Waals surface area (Å²) in [7, 11) is 0. The van der Waals surface area contributed by atoms with Crippen molar-refractivity contribution in [2.24, 2.45) is 5.92 Å². The van der Waals surface area contributed by atoms with Crippen LogP contribution in [0.15, 0.2) is 24.3 Å². The summed E-state index contributed by atoms with van der Waals surface area (Å²) in [5.41, 5.74) is 1.42. The Kier molecular flexibility index (Phi) is 4.19. The molecule has 1 amide bonds. The molecule has 4 rings (SSSR count). The first kappa shape index (κ1) is 15.5. The first-order valence-corrected chi connectivity index (χ1v) is 9.02. The van der Waals surface area contributed by atoms with Gasteiger partial charge in [-0.2, -0.15) is 0 Å². The molecule has 1 saturated heterocycles. The van der Waals surface area contributed by atoms with Crippen molar-refractivity contribution in [2.75, 3.05) is 32.7 Å². The largest absolute Gasteiger partial charge is 0.508 e. The fraction of sp³-hybridized carbons (Fsp3) is 0.526. The number of aromatic amines is 1. The number of amides is 1. The SMILES string of the molecule is O=C(c1cc2ccc(O)cc2[nH]1)N1CCCN(CC2CCC2)CC1. The Labute approximate surface area is 142 Å². The summed E-state index contributed by atoms with van der Waals surface area (Å²) in [5.74, 6) is 1.16. The van der Waals surface area contributed by atoms with Gasteiger partial charge in [0.05, 0.1) is 0 Å². The van der Waals surface area contributed by atoms with Crippen LogP contribution >= 0.6 is 0 Å². The quantitative estimate of drug-likeness (QED) is 0.911. The molecule has 0 spiro atoms. The van der Waals surface area contributed by atoms with Crippen LogP contribution in [-0.4, -0.2) is 58.5 Å². The van der Waals surface area contributed by atoms with Crippen molar-refractivity contribution in [3.8, 4) is 5.75 Å². The van der Waals surface area contributed by atoms with Crippen LogP contribution in [-0.2, 0) is 0 Å². The molecule has 128 valence electrons. The van der Waals surface area contributed by atoms with Gasteiger partial charge in [-0.1, -0.05) is 6.42 Å². The van der Waals surface area contributed by atoms with Gasteiger partial charge in [-0.15, -0.1) is 0 Å². The molecule has 0 unspecified atom stereocenters. The molecular formula is C19H25N3O2. The van der Waals surface area contributed by atoms with Crippen LogP contribution in [0.2, 0.25) is 0 Å². The lowest BCUT2D eigenvalue weighted by molar-refractivity contribution is 0.0754. The number of aromatic hydroxyl groups is 1. The van der Waals surface area contributed by atoms with Gasteiger partial charge in [0.25, 0.3) is 5.91 Å². The Balaban J connectivity index is 1.43. The van der Waals surface area contributed by atoms with E-state index in [1.807, 2.05) is 17.0 Å². The summed E-state index contributed by atoms with van der Waals surface area (Å²) >= 11 is 0. The normalized spacial score (nSPS) is 20.1. The molecule has 0 radical (unpaired) electrons. The first-order valence-electron chi connectivity index (χ1n) is 9.02. The number of hydrogen-bond donors (Lipinski definition) is 2. The molecule has 1 aromatic carbocycles. The van der Waals surface area contributed by atoms with E-state index in [4.69, 9.17) is 0 Å². The number of fused-ring (bicyclic) bond motifs is 1. The Bertz CT molecular complexity index is 735. The van der Waals surface area contributed by atoms with Gasteiger partial charge >= 0.3 is 0 Å². The fourth-order valence-corrected chi connectivity index (χ4v) is 3.80. The smallest absolute Gasteiger partial charge is 0.270 e. The third kappa shape index (κ3) is 3.13. The monoisotopic (exact) mass is 327 g/mol. The minimum absolute atomic E-state index is 0.0659. The van der Waals surface area contributed by atoms with E-state index in [2.05, 4.69) is 9.88 Å². The number of phenols is 1. The lowest BCUT2D eigenvalue weighted by Gasteiger charge is -2.31. The Hall–Kier alpha value is -2.01. The number of benzene rings is 1. The molecule has 24 heavy (non-hydrogen) atoms. The summed E-state index contributed by atoms with van der Waals surface area (Å²) in [6, 6.07) is 7.03. The van der Waals surface area contributed by atoms with E-state index in [0.29, 0.717) is 5.69 Å². The fourth-order valence-electron chi connectivity index (χ4n) is 3.80. The van der Waals surface area contributed by atoms with Crippen LogP contribution in [0.5, 0.6) is 5.75 Å². The van der Waals surface area contributed by atoms with Gasteiger partial charge < -0.3 is 19.9 Å². The van der Waals surface area contributed by atoms with E-state index in [1.165, 1.54) is 25.8 Å². The predicted molar refractivity (Wildman–Crippen MR) is 94.3 cm³/mol. The zero-order valence-electron chi connectivity index (χ0n) is 14.0. The summed E-state index contributed by atoms with van der Waals surface area (Å²) < 4.78 is 0. The highest BCUT2D eigenvalue weighted by Gasteiger charge is 2.25. The van der Waals surface area contributed by atoms with Gasteiger partial charge in [0.15, 0.2) is 0 Å². The minimum atomic E-state index is 0.0659. The average molecular weight is 327 g/mol. The zero-order valence-corrected chi connectivity index (χ0v) is 14.0. The standard InChI is InChI=1S/C19H25N3O2/c23-16-6-5-15-11-18(20-17(15)12-16)19(24)22-8-2-7-21(9-10-22)13-14-3-1-4-14/h5-6,11-12,14,20,23H,1-4,7-10,13H2. The predicted octanol–water partition coefficient (Wildman–Crippen LogP) is 2.82. The summed E-state index contributed by atoms with van der Waals surface area (Å²) in [6.07, 6.45) is 5.18. The van der Waals surface area contributed by atoms with Crippen molar-refractivity contribution in [3.05, 3.63) is 30.0 Å². The number of nitrogens with one attached hydrogen (secondary N) is 1. The van der Waals surface area contributed by atoms with Gasteiger partial charge in [-0.05, 0) is 49.9 Å². The summed E-state index contributed by atoms with van der Waals surface area (Å²) in [4.78, 5) is 20.5. The van der Waals surface area contributed by atoms with E-state index in [9.17, 15) is 9.90 Å². The third-order valence-electron chi connectivity index (χ3n) is 5.45. The second-order valence-electron chi connectivity index (χ2n) is 7.20. The lowest BCUT2D eigenvalue weighted by Crippen LogP contribution is -2.37. The van der Waals surface area contributed by atoms with Crippen LogP contribution in [0, 0.1) is 5.92 Å². The zero-order chi connectivity index (χ0) is 16.5. The number of hydrogen-bond acceptors (Lipinski definition) is 3. The molecule has 2 N–H and O–H groups in total. The van der Waals surface area contributed by atoms with E-state index in [0.717, 1.165) is 49.4 Å². The summed E-state index contributed by atoms with van der Waals surface area (Å²) in [5, 5.41) is 10.5. The molecule has 0 atom stereocenters. The van der Waals surface area contributed by atoms with Crippen molar-refractivity contribution in [3.63, 3.8) is 0 Å². The van der Waals surface area contributed by atoms with Crippen LogP contribution < -0.4 is 0 Å². The van der Waals surface area contributed by atoms with Crippen molar-refractivity contribution in [1.82, 2.24) is 14.8 Å². The molecular weight excluding hydrogens is 302 g/mol. The molecule has 2 aromatic rings. The maximum absolute atomic E-state index is 12.8. The molecule has 0 bridgehead atoms. The Morgan fingerprint density at radius 3 is 2.79 bits per heavy atom. The van der Waals surface area contributed by atoms with E-state index >= 15 is 0 Å². The van der Waals surface area contributed by atoms with Gasteiger partial charge in [0.1, 0.15) is 11.4 Å². The van der Waals surface area contributed by atoms with Gasteiger partial charge in [-0.3, -0.25) is 4.79 Å². The number of phenolic OH excluding ortho intramolecular Hbond substituents is 1. The molecule has 5 nitrogen and oxygen atoms in total. The second kappa shape index (κ2) is 6.48. The first-order chi connectivity index (χ1) is 11.7. The molecule has 2 heterocycles. The Morgan fingerprint density at radius 2 is 2.00 bits per heavy atom. The minimum Gasteiger partial charge on any atom is -0.508 e. The van der Waals surface area contributed by atoms with Gasteiger partial charge in [0.2, 0.25) is 0 Å². The molecule has 1 saturated carbocycles. The van der Waals surface area contributed by atoms with E-state index < -0.39 is 0 Å². The highest BCUT2D eigenvalue weighted by Crippen LogP contribution is 2.27. The number of carbonyl (C=O) groups excluding carboxylic acids is 1. The molecule has 1 aliphatic heterocycles. The second-order valence-corrected chi connectivity index (χ2v) is 7.20. The van der Waals surface area contributed by atoms with Gasteiger partial charge in [-0.25, -0.2) is 0 Å². The van der Waals surface area contributed by atoms with Crippen LogP contribution in [0.4, 0.5) is 0 Å². The third-order valence-corrected chi connectivity index (χ3v) is 5.45. The Morgan fingerprint density at radius 1 is 1.12 bits per heavy atom. The van der Waals surface area contributed by atoms with Crippen LogP contribution in [0.1, 0.15) is 36.2 Å². The molecule has 5 heteroatoms. The number of rotatable bonds is 3. The van der Waals surface area contributed by atoms with Crippen molar-refractivity contribution >= 4 is 16.8 Å². The van der Waals surface area contributed by atoms with E-state index in [1.54, 1.807) is 12.1 Å². The lowest BCUT2D eigenvalue weighted by atomic mass is 9.85. The highest BCUT2D eigenvalue weighted by atomic mass is 16.3. The number of carbonyl (C=O) groups is 1. The number of aromatic nitrogens is 1. The highest BCUT2D eigenvalue weighted by molar-refractivity contribution is 5.98. The molecule has 1 aromatic heterocycles. The van der Waals surface area contributed by atoms with Gasteiger partial charge in [0, 0.05) is 43.1 Å². The van der Waals surface area contributed by atoms with E-state index in [-0.39, 0.29) is 11.7 Å². The molecule has 2 fully saturated rings. The van der Waals surface area contributed by atoms with Crippen molar-refractivity contribution in [2.45, 2.75) is 25.7 Å². The maximum Gasteiger partial charge on any atom is 0.270 e. The molecule has 1 aliphatic carbocycles. The number of H-pyrrole nitrogens is 1. The van der Waals surface area contributed by atoms with Crippen LogP contribution in [0.25, 0.3) is 10.9 Å². The van der Waals surface area contributed by atoms with Crippen molar-refractivity contribution < 1.29 is 9.90 Å². The topological polar surface area (TPSA) is 59.6 Å². The van der Waals surface area contributed by atoms with Crippen LogP contribution in [0.3, 0.4) is 0 Å².